The van der Waals surface area contributed by atoms with Gasteiger partial charge in [0.15, 0.2) is 0 Å². The molecule has 1 N–H and O–H groups in total. The normalized spacial score (nSPS) is 13.2. The molecule has 0 saturated carbocycles. The van der Waals surface area contributed by atoms with E-state index in [-0.39, 0.29) is 0 Å². The van der Waals surface area contributed by atoms with Crippen LogP contribution in [-0.4, -0.2) is 19.8 Å². The van der Waals surface area contributed by atoms with E-state index in [9.17, 15) is 0 Å². The van der Waals surface area contributed by atoms with E-state index in [4.69, 9.17) is 0 Å². The van der Waals surface area contributed by atoms with Crippen molar-refractivity contribution in [2.75, 3.05) is 13.6 Å². The maximum absolute atomic E-state index is 4.11. The van der Waals surface area contributed by atoms with Crippen LogP contribution in [0.15, 0.2) is 29.4 Å². The van der Waals surface area contributed by atoms with Crippen molar-refractivity contribution in [1.29, 1.82) is 0 Å². The number of hydrogen-bond acceptors (Lipinski definition) is 2. The van der Waals surface area contributed by atoms with Gasteiger partial charge in [0.1, 0.15) is 0 Å². The lowest BCUT2D eigenvalue weighted by Crippen LogP contribution is -2.12. The van der Waals surface area contributed by atoms with E-state index in [0.717, 1.165) is 24.2 Å². The molecule has 0 aliphatic carbocycles. The van der Waals surface area contributed by atoms with E-state index in [2.05, 4.69) is 30.4 Å². The van der Waals surface area contributed by atoms with Crippen LogP contribution in [0.25, 0.3) is 0 Å². The molecule has 0 fully saturated rings. The SMILES string of the molecule is C=C(C)N=CC(=C)C(C)CCNC. The summed E-state index contributed by atoms with van der Waals surface area (Å²) in [4.78, 5) is 4.11. The van der Waals surface area contributed by atoms with Crippen molar-refractivity contribution in [2.24, 2.45) is 10.9 Å². The smallest absolute Gasteiger partial charge is 0.0301 e. The first-order valence-corrected chi connectivity index (χ1v) is 4.61. The van der Waals surface area contributed by atoms with Crippen molar-refractivity contribution in [2.45, 2.75) is 20.3 Å². The molecule has 0 spiro atoms. The van der Waals surface area contributed by atoms with Gasteiger partial charge in [0.2, 0.25) is 0 Å². The highest BCUT2D eigenvalue weighted by atomic mass is 14.8. The summed E-state index contributed by atoms with van der Waals surface area (Å²) in [5.74, 6) is 0.482. The van der Waals surface area contributed by atoms with Crippen molar-refractivity contribution >= 4 is 6.21 Å². The maximum atomic E-state index is 4.11. The molecule has 2 heteroatoms. The molecule has 0 amide bonds. The van der Waals surface area contributed by atoms with Crippen molar-refractivity contribution < 1.29 is 0 Å². The van der Waals surface area contributed by atoms with E-state index in [1.165, 1.54) is 0 Å². The van der Waals surface area contributed by atoms with Crippen LogP contribution < -0.4 is 5.32 Å². The van der Waals surface area contributed by atoms with Gasteiger partial charge in [-0.2, -0.15) is 0 Å². The predicted octanol–water partition coefficient (Wildman–Crippen LogP) is 2.39. The van der Waals surface area contributed by atoms with Crippen LogP contribution in [-0.2, 0) is 0 Å². The molecule has 1 unspecified atom stereocenters. The van der Waals surface area contributed by atoms with Crippen molar-refractivity contribution in [1.82, 2.24) is 5.32 Å². The third kappa shape index (κ3) is 6.29. The second-order valence-corrected chi connectivity index (χ2v) is 3.36. The Kier molecular flexibility index (Phi) is 6.15. The molecule has 2 nitrogen and oxygen atoms in total. The minimum Gasteiger partial charge on any atom is -0.320 e. The second kappa shape index (κ2) is 6.61. The molecular formula is C11H20N2. The Hall–Kier alpha value is -0.890. The predicted molar refractivity (Wildman–Crippen MR) is 60.2 cm³/mol. The number of nitrogens with one attached hydrogen (secondary N) is 1. The Morgan fingerprint density at radius 3 is 2.62 bits per heavy atom. The Balaban J connectivity index is 3.89. The van der Waals surface area contributed by atoms with Gasteiger partial charge in [0.25, 0.3) is 0 Å². The molecule has 0 heterocycles. The van der Waals surface area contributed by atoms with Crippen molar-refractivity contribution in [3.05, 3.63) is 24.4 Å². The van der Waals surface area contributed by atoms with E-state index in [1.807, 2.05) is 20.2 Å². The summed E-state index contributed by atoms with van der Waals surface area (Å²) in [7, 11) is 1.96. The van der Waals surface area contributed by atoms with Crippen LogP contribution in [0.5, 0.6) is 0 Å². The summed E-state index contributed by atoms with van der Waals surface area (Å²) < 4.78 is 0. The average Bonchev–Trinajstić information content (AvgIpc) is 2.10. The van der Waals surface area contributed by atoms with Gasteiger partial charge in [0, 0.05) is 11.9 Å². The summed E-state index contributed by atoms with van der Waals surface area (Å²) in [6.07, 6.45) is 2.90. The van der Waals surface area contributed by atoms with E-state index >= 15 is 0 Å². The topological polar surface area (TPSA) is 24.4 Å². The van der Waals surface area contributed by atoms with Crippen LogP contribution in [0.1, 0.15) is 20.3 Å². The quantitative estimate of drug-likeness (QED) is 0.624. The standard InChI is InChI=1S/C11H20N2/c1-9(2)13-8-11(4)10(3)6-7-12-5/h8,10,12H,1,4,6-7H2,2-3,5H3. The maximum Gasteiger partial charge on any atom is 0.0301 e. The minimum atomic E-state index is 0.482. The molecule has 1 atom stereocenters. The number of allylic oxidation sites excluding steroid dienone is 2. The molecule has 0 aliphatic heterocycles. The largest absolute Gasteiger partial charge is 0.320 e. The zero-order valence-electron chi connectivity index (χ0n) is 8.93. The molecule has 74 valence electrons. The molecule has 13 heavy (non-hydrogen) atoms. The minimum absolute atomic E-state index is 0.482. The Bertz CT molecular complexity index is 204. The first kappa shape index (κ1) is 12.1. The van der Waals surface area contributed by atoms with Gasteiger partial charge in [0.05, 0.1) is 0 Å². The highest BCUT2D eigenvalue weighted by Crippen LogP contribution is 2.10. The Labute approximate surface area is 81.5 Å². The Morgan fingerprint density at radius 1 is 1.54 bits per heavy atom. The lowest BCUT2D eigenvalue weighted by Gasteiger charge is -2.10. The highest BCUT2D eigenvalue weighted by molar-refractivity contribution is 5.78. The molecule has 0 bridgehead atoms. The monoisotopic (exact) mass is 180 g/mol. The van der Waals surface area contributed by atoms with E-state index in [0.29, 0.717) is 5.92 Å². The van der Waals surface area contributed by atoms with E-state index in [1.54, 1.807) is 0 Å². The van der Waals surface area contributed by atoms with E-state index < -0.39 is 0 Å². The molecule has 0 aromatic heterocycles. The number of aliphatic imine (C=N–C) groups is 1. The van der Waals surface area contributed by atoms with Crippen LogP contribution in [0.3, 0.4) is 0 Å². The number of nitrogens with zero attached hydrogens (tertiary/aromatic N) is 1. The molecule has 0 radical (unpaired) electrons. The first-order valence-electron chi connectivity index (χ1n) is 4.61. The summed E-state index contributed by atoms with van der Waals surface area (Å²) >= 11 is 0. The molecule has 0 aromatic rings. The number of rotatable bonds is 6. The number of hydrogen-bond donors (Lipinski definition) is 1. The van der Waals surface area contributed by atoms with Crippen molar-refractivity contribution in [3.8, 4) is 0 Å². The highest BCUT2D eigenvalue weighted by Gasteiger charge is 2.02. The second-order valence-electron chi connectivity index (χ2n) is 3.36. The fraction of sp³-hybridized carbons (Fsp3) is 0.545. The van der Waals surface area contributed by atoms with Crippen LogP contribution in [0.4, 0.5) is 0 Å². The fourth-order valence-electron chi connectivity index (χ4n) is 0.867. The summed E-state index contributed by atoms with van der Waals surface area (Å²) in [6, 6.07) is 0. The van der Waals surface area contributed by atoms with Gasteiger partial charge >= 0.3 is 0 Å². The van der Waals surface area contributed by atoms with Gasteiger partial charge in [-0.25, -0.2) is 0 Å². The molecule has 0 rings (SSSR count). The summed E-state index contributed by atoms with van der Waals surface area (Å²) in [5, 5.41) is 3.12. The summed E-state index contributed by atoms with van der Waals surface area (Å²) in [5.41, 5.74) is 1.89. The zero-order valence-corrected chi connectivity index (χ0v) is 8.93. The molecule has 0 aliphatic rings. The summed E-state index contributed by atoms with van der Waals surface area (Å²) in [6.45, 7) is 12.7. The zero-order chi connectivity index (χ0) is 10.3. The van der Waals surface area contributed by atoms with Gasteiger partial charge < -0.3 is 5.32 Å². The molecule has 0 saturated heterocycles. The van der Waals surface area contributed by atoms with Crippen LogP contribution >= 0.6 is 0 Å². The molecule has 0 aromatic carbocycles. The van der Waals surface area contributed by atoms with Crippen LogP contribution in [0, 0.1) is 5.92 Å². The third-order valence-electron chi connectivity index (χ3n) is 1.91. The van der Waals surface area contributed by atoms with Gasteiger partial charge in [-0.3, -0.25) is 4.99 Å². The first-order chi connectivity index (χ1) is 6.07. The third-order valence-corrected chi connectivity index (χ3v) is 1.91. The fourth-order valence-corrected chi connectivity index (χ4v) is 0.867. The van der Waals surface area contributed by atoms with Gasteiger partial charge in [-0.15, -0.1) is 0 Å². The van der Waals surface area contributed by atoms with Crippen molar-refractivity contribution in [3.63, 3.8) is 0 Å². The lowest BCUT2D eigenvalue weighted by molar-refractivity contribution is 0.601. The Morgan fingerprint density at radius 2 is 2.15 bits per heavy atom. The van der Waals surface area contributed by atoms with Crippen LogP contribution in [0.2, 0.25) is 0 Å². The average molecular weight is 180 g/mol. The van der Waals surface area contributed by atoms with Gasteiger partial charge in [-0.05, 0) is 38.4 Å². The van der Waals surface area contributed by atoms with Gasteiger partial charge in [-0.1, -0.05) is 20.1 Å². The molecular weight excluding hydrogens is 160 g/mol. The lowest BCUT2D eigenvalue weighted by atomic mass is 10.0.